The molecule has 0 amide bonds. The first-order chi connectivity index (χ1) is 13.9. The number of ether oxygens (including phenoxy) is 1. The average Bonchev–Trinajstić information content (AvgIpc) is 3.11. The Bertz CT molecular complexity index is 760. The second-order valence-corrected chi connectivity index (χ2v) is 11.1. The highest BCUT2D eigenvalue weighted by Gasteiger charge is 2.61. The second kappa shape index (κ2) is 7.11. The van der Waals surface area contributed by atoms with Gasteiger partial charge in [-0.3, -0.25) is 0 Å². The first kappa shape index (κ1) is 19.6. The van der Waals surface area contributed by atoms with E-state index in [1.165, 1.54) is 32.1 Å². The van der Waals surface area contributed by atoms with Crippen LogP contribution in [0.4, 0.5) is 0 Å². The fraction of sp³-hybridized carbons (Fsp3) is 0.731. The lowest BCUT2D eigenvalue weighted by Gasteiger charge is -2.62. The van der Waals surface area contributed by atoms with Crippen molar-refractivity contribution in [3.63, 3.8) is 0 Å². The van der Waals surface area contributed by atoms with E-state index in [-0.39, 0.29) is 18.2 Å². The van der Waals surface area contributed by atoms with Gasteiger partial charge in [0.15, 0.2) is 0 Å². The third kappa shape index (κ3) is 3.15. The first-order valence-electron chi connectivity index (χ1n) is 11.8. The maximum absolute atomic E-state index is 13.0. The molecule has 1 aromatic rings. The van der Waals surface area contributed by atoms with Crippen molar-refractivity contribution in [2.45, 2.75) is 83.8 Å². The Kier molecular flexibility index (Phi) is 4.81. The third-order valence-corrected chi connectivity index (χ3v) is 9.68. The summed E-state index contributed by atoms with van der Waals surface area (Å²) in [6, 6.07) is 9.47. The van der Waals surface area contributed by atoms with E-state index in [1.54, 1.807) is 0 Å². The molecule has 0 unspecified atom stereocenters. The molecule has 3 heteroatoms. The van der Waals surface area contributed by atoms with Gasteiger partial charge in [0.2, 0.25) is 0 Å². The van der Waals surface area contributed by atoms with Crippen LogP contribution in [0.3, 0.4) is 0 Å². The predicted molar refractivity (Wildman–Crippen MR) is 113 cm³/mol. The number of carbonyl (C=O) groups excluding carboxylic acids is 1. The molecule has 0 bridgehead atoms. The first-order valence-corrected chi connectivity index (χ1v) is 11.8. The van der Waals surface area contributed by atoms with E-state index in [9.17, 15) is 9.90 Å². The number of aliphatic hydroxyl groups excluding tert-OH is 1. The monoisotopic (exact) mass is 396 g/mol. The molecule has 0 aromatic heterocycles. The zero-order valence-electron chi connectivity index (χ0n) is 18.0. The highest BCUT2D eigenvalue weighted by molar-refractivity contribution is 5.89. The Morgan fingerprint density at radius 3 is 2.59 bits per heavy atom. The Hall–Kier alpha value is -1.35. The topological polar surface area (TPSA) is 46.5 Å². The van der Waals surface area contributed by atoms with Gasteiger partial charge in [-0.15, -0.1) is 0 Å². The maximum Gasteiger partial charge on any atom is 0.338 e. The molecular weight excluding hydrogens is 360 g/mol. The van der Waals surface area contributed by atoms with Crippen LogP contribution in [0.5, 0.6) is 0 Å². The van der Waals surface area contributed by atoms with Gasteiger partial charge in [0.05, 0.1) is 11.7 Å². The Morgan fingerprint density at radius 2 is 1.79 bits per heavy atom. The molecule has 0 heterocycles. The molecule has 8 atom stereocenters. The van der Waals surface area contributed by atoms with Crippen LogP contribution in [-0.2, 0) is 4.74 Å². The van der Waals surface area contributed by atoms with E-state index in [2.05, 4.69) is 13.8 Å². The molecule has 29 heavy (non-hydrogen) atoms. The summed E-state index contributed by atoms with van der Waals surface area (Å²) in [6.45, 7) is 4.99. The van der Waals surface area contributed by atoms with E-state index >= 15 is 0 Å². The number of aliphatic hydroxyl groups is 1. The van der Waals surface area contributed by atoms with Crippen molar-refractivity contribution in [1.82, 2.24) is 0 Å². The lowest BCUT2D eigenvalue weighted by atomic mass is 9.44. The number of hydrogen-bond donors (Lipinski definition) is 1. The molecule has 4 aliphatic carbocycles. The number of hydrogen-bond acceptors (Lipinski definition) is 3. The predicted octanol–water partition coefficient (Wildman–Crippen LogP) is 5.62. The zero-order chi connectivity index (χ0) is 20.2. The largest absolute Gasteiger partial charge is 0.458 e. The molecule has 5 rings (SSSR count). The summed E-state index contributed by atoms with van der Waals surface area (Å²) < 4.78 is 6.31. The molecule has 0 saturated heterocycles. The zero-order valence-corrected chi connectivity index (χ0v) is 18.0. The smallest absolute Gasteiger partial charge is 0.338 e. The second-order valence-electron chi connectivity index (χ2n) is 11.1. The highest BCUT2D eigenvalue weighted by Crippen LogP contribution is 2.66. The molecular formula is C26H36O3. The summed E-state index contributed by atoms with van der Waals surface area (Å²) in [5.74, 6) is 2.09. The molecule has 4 saturated carbocycles. The third-order valence-electron chi connectivity index (χ3n) is 9.68. The van der Waals surface area contributed by atoms with Crippen LogP contribution >= 0.6 is 0 Å². The summed E-state index contributed by atoms with van der Waals surface area (Å²) >= 11 is 0. The standard InChI is InChI=1S/C26H36O3/c1-25-12-6-9-20(25)23-21(11-13-25)26(2)14-10-19(27)15-18(26)16-22(23)29-24(28)17-7-4-3-5-8-17/h3-5,7-8,18-23,27H,6,9-16H2,1-2H3/t18-,19-,20-,21+,22-,23+,25-,26+/m1/s1. The summed E-state index contributed by atoms with van der Waals surface area (Å²) in [5, 5.41) is 10.4. The van der Waals surface area contributed by atoms with Gasteiger partial charge in [-0.2, -0.15) is 0 Å². The van der Waals surface area contributed by atoms with Crippen LogP contribution in [0, 0.1) is 34.5 Å². The Labute approximate surface area is 175 Å². The number of carbonyl (C=O) groups is 1. The molecule has 4 aliphatic rings. The highest BCUT2D eigenvalue weighted by atomic mass is 16.5. The normalized spacial score (nSPS) is 46.3. The fourth-order valence-corrected chi connectivity index (χ4v) is 8.07. The van der Waals surface area contributed by atoms with Gasteiger partial charge in [0.1, 0.15) is 6.10 Å². The van der Waals surface area contributed by atoms with Crippen LogP contribution in [0.2, 0.25) is 0 Å². The van der Waals surface area contributed by atoms with Crippen molar-refractivity contribution < 1.29 is 14.6 Å². The van der Waals surface area contributed by atoms with Gasteiger partial charge in [0, 0.05) is 5.92 Å². The van der Waals surface area contributed by atoms with Gasteiger partial charge < -0.3 is 9.84 Å². The average molecular weight is 397 g/mol. The number of fused-ring (bicyclic) bond motifs is 5. The van der Waals surface area contributed by atoms with Gasteiger partial charge in [0.25, 0.3) is 0 Å². The van der Waals surface area contributed by atoms with Crippen LogP contribution in [-0.4, -0.2) is 23.3 Å². The van der Waals surface area contributed by atoms with Crippen LogP contribution in [0.1, 0.15) is 82.0 Å². The van der Waals surface area contributed by atoms with Crippen molar-refractivity contribution in [2.75, 3.05) is 0 Å². The van der Waals surface area contributed by atoms with E-state index in [1.807, 2.05) is 30.3 Å². The minimum Gasteiger partial charge on any atom is -0.458 e. The molecule has 0 radical (unpaired) electrons. The molecule has 4 fully saturated rings. The molecule has 0 aliphatic heterocycles. The number of rotatable bonds is 2. The SMILES string of the molecule is C[C@]12CCC[C@@H]1[C@@H]1[C@H](OC(=O)c3ccccc3)C[C@H]3C[C@H](O)CC[C@]3(C)[C@H]1CC2. The van der Waals surface area contributed by atoms with Gasteiger partial charge in [-0.25, -0.2) is 4.79 Å². The van der Waals surface area contributed by atoms with Crippen LogP contribution in [0.25, 0.3) is 0 Å². The van der Waals surface area contributed by atoms with E-state index in [4.69, 9.17) is 4.74 Å². The fourth-order valence-electron chi connectivity index (χ4n) is 8.07. The van der Waals surface area contributed by atoms with Crippen molar-refractivity contribution in [3.05, 3.63) is 35.9 Å². The molecule has 3 nitrogen and oxygen atoms in total. The summed E-state index contributed by atoms with van der Waals surface area (Å²) in [6.07, 6.45) is 10.2. The van der Waals surface area contributed by atoms with E-state index in [0.29, 0.717) is 40.1 Å². The quantitative estimate of drug-likeness (QED) is 0.660. The minimum atomic E-state index is -0.185. The van der Waals surface area contributed by atoms with Gasteiger partial charge >= 0.3 is 5.97 Å². The summed E-state index contributed by atoms with van der Waals surface area (Å²) in [4.78, 5) is 13.0. The molecule has 158 valence electrons. The van der Waals surface area contributed by atoms with Crippen molar-refractivity contribution in [3.8, 4) is 0 Å². The minimum absolute atomic E-state index is 0.00111. The molecule has 1 aromatic carbocycles. The van der Waals surface area contributed by atoms with Crippen molar-refractivity contribution in [2.24, 2.45) is 34.5 Å². The number of benzene rings is 1. The summed E-state index contributed by atoms with van der Waals surface area (Å²) in [5.41, 5.74) is 1.38. The Balaban J connectivity index is 1.48. The molecule has 0 spiro atoms. The lowest BCUT2D eigenvalue weighted by Crippen LogP contribution is -2.58. The van der Waals surface area contributed by atoms with Crippen LogP contribution in [0.15, 0.2) is 30.3 Å². The van der Waals surface area contributed by atoms with Crippen molar-refractivity contribution >= 4 is 5.97 Å². The van der Waals surface area contributed by atoms with Crippen molar-refractivity contribution in [1.29, 1.82) is 0 Å². The van der Waals surface area contributed by atoms with E-state index < -0.39 is 0 Å². The summed E-state index contributed by atoms with van der Waals surface area (Å²) in [7, 11) is 0. The molecule has 1 N–H and O–H groups in total. The van der Waals surface area contributed by atoms with Crippen LogP contribution < -0.4 is 0 Å². The Morgan fingerprint density at radius 1 is 1.00 bits per heavy atom. The van der Waals surface area contributed by atoms with Gasteiger partial charge in [-0.1, -0.05) is 38.5 Å². The van der Waals surface area contributed by atoms with Gasteiger partial charge in [-0.05, 0) is 92.1 Å². The number of esters is 1. The van der Waals surface area contributed by atoms with E-state index in [0.717, 1.165) is 25.7 Å². The lowest BCUT2D eigenvalue weighted by molar-refractivity contribution is -0.169. The maximum atomic E-state index is 13.0.